The molecule has 0 bridgehead atoms. The van der Waals surface area contributed by atoms with Crippen LogP contribution in [-0.4, -0.2) is 54.3 Å². The van der Waals surface area contributed by atoms with Crippen LogP contribution in [0.15, 0.2) is 18.2 Å². The number of rotatable bonds is 4. The minimum Gasteiger partial charge on any atom is -0.342 e. The topological polar surface area (TPSA) is 52.7 Å². The van der Waals surface area contributed by atoms with Crippen LogP contribution < -0.4 is 5.32 Å². The number of carbonyl (C=O) groups excluding carboxylic acids is 2. The Kier molecular flexibility index (Phi) is 7.07. The SMILES string of the molecule is O=C(CN1CCC(C(=O)N2CCCCCC2)CC1)Nc1ccc(F)cc1Cl. The third-order valence-electron chi connectivity index (χ3n) is 5.43. The number of hydrogen-bond donors (Lipinski definition) is 1. The van der Waals surface area contributed by atoms with E-state index in [1.807, 2.05) is 4.90 Å². The highest BCUT2D eigenvalue weighted by Crippen LogP contribution is 2.24. The molecule has 0 aliphatic carbocycles. The number of nitrogens with zero attached hydrogens (tertiary/aromatic N) is 2. The lowest BCUT2D eigenvalue weighted by molar-refractivity contribution is -0.137. The van der Waals surface area contributed by atoms with Crippen LogP contribution in [0.25, 0.3) is 0 Å². The monoisotopic (exact) mass is 395 g/mol. The zero-order valence-electron chi connectivity index (χ0n) is 15.6. The Balaban J connectivity index is 1.44. The van der Waals surface area contributed by atoms with Crippen molar-refractivity contribution >= 4 is 29.1 Å². The van der Waals surface area contributed by atoms with Gasteiger partial charge in [-0.2, -0.15) is 0 Å². The Bertz CT molecular complexity index is 669. The fourth-order valence-electron chi connectivity index (χ4n) is 3.87. The van der Waals surface area contributed by atoms with Gasteiger partial charge in [-0.15, -0.1) is 0 Å². The van der Waals surface area contributed by atoms with Crippen LogP contribution in [0.3, 0.4) is 0 Å². The Morgan fingerprint density at radius 2 is 1.74 bits per heavy atom. The molecule has 1 aromatic carbocycles. The second-order valence-electron chi connectivity index (χ2n) is 7.46. The van der Waals surface area contributed by atoms with Crippen LogP contribution in [-0.2, 0) is 9.59 Å². The van der Waals surface area contributed by atoms with Crippen LogP contribution in [0.1, 0.15) is 38.5 Å². The summed E-state index contributed by atoms with van der Waals surface area (Å²) in [5, 5.41) is 2.91. The quantitative estimate of drug-likeness (QED) is 0.848. The normalized spacial score (nSPS) is 19.6. The van der Waals surface area contributed by atoms with Crippen molar-refractivity contribution in [3.05, 3.63) is 29.0 Å². The molecule has 3 rings (SSSR count). The van der Waals surface area contributed by atoms with Gasteiger partial charge in [-0.3, -0.25) is 14.5 Å². The Labute approximate surface area is 164 Å². The molecule has 0 aromatic heterocycles. The van der Waals surface area contributed by atoms with Gasteiger partial charge in [0.05, 0.1) is 17.3 Å². The second kappa shape index (κ2) is 9.51. The van der Waals surface area contributed by atoms with E-state index in [1.165, 1.54) is 31.0 Å². The van der Waals surface area contributed by atoms with E-state index in [0.29, 0.717) is 11.6 Å². The molecule has 2 amide bonds. The Hall–Kier alpha value is -1.66. The molecule has 0 radical (unpaired) electrons. The van der Waals surface area contributed by atoms with Crippen LogP contribution in [0, 0.1) is 11.7 Å². The number of halogens is 2. The average Bonchev–Trinajstić information content (AvgIpc) is 2.93. The van der Waals surface area contributed by atoms with Crippen LogP contribution in [0.2, 0.25) is 5.02 Å². The highest BCUT2D eigenvalue weighted by molar-refractivity contribution is 6.33. The van der Waals surface area contributed by atoms with Crippen molar-refractivity contribution in [1.82, 2.24) is 9.80 Å². The minimum absolute atomic E-state index is 0.0777. The van der Waals surface area contributed by atoms with Gasteiger partial charge in [0.1, 0.15) is 5.82 Å². The maximum atomic E-state index is 13.1. The molecule has 2 aliphatic heterocycles. The number of carbonyl (C=O) groups is 2. The lowest BCUT2D eigenvalue weighted by Gasteiger charge is -2.33. The Morgan fingerprint density at radius 3 is 2.37 bits per heavy atom. The summed E-state index contributed by atoms with van der Waals surface area (Å²) in [6.07, 6.45) is 6.23. The summed E-state index contributed by atoms with van der Waals surface area (Å²) in [7, 11) is 0. The molecule has 7 heteroatoms. The molecular weight excluding hydrogens is 369 g/mol. The first-order valence-corrected chi connectivity index (χ1v) is 10.2. The zero-order chi connectivity index (χ0) is 19.2. The van der Waals surface area contributed by atoms with E-state index in [1.54, 1.807) is 0 Å². The Morgan fingerprint density at radius 1 is 1.07 bits per heavy atom. The highest BCUT2D eigenvalue weighted by Gasteiger charge is 2.29. The summed E-state index contributed by atoms with van der Waals surface area (Å²) in [5.41, 5.74) is 0.411. The molecule has 2 saturated heterocycles. The second-order valence-corrected chi connectivity index (χ2v) is 7.87. The predicted octanol–water partition coefficient (Wildman–Crippen LogP) is 3.53. The number of likely N-dealkylation sites (tertiary alicyclic amines) is 2. The number of amides is 2. The number of piperidine rings is 1. The molecule has 0 saturated carbocycles. The molecule has 2 heterocycles. The van der Waals surface area contributed by atoms with Crippen molar-refractivity contribution in [2.45, 2.75) is 38.5 Å². The van der Waals surface area contributed by atoms with Crippen molar-refractivity contribution in [3.63, 3.8) is 0 Å². The lowest BCUT2D eigenvalue weighted by Crippen LogP contribution is -2.44. The van der Waals surface area contributed by atoms with E-state index in [2.05, 4.69) is 10.2 Å². The van der Waals surface area contributed by atoms with Gasteiger partial charge < -0.3 is 10.2 Å². The van der Waals surface area contributed by atoms with Crippen LogP contribution in [0.5, 0.6) is 0 Å². The van der Waals surface area contributed by atoms with Crippen molar-refractivity contribution in [2.24, 2.45) is 5.92 Å². The zero-order valence-corrected chi connectivity index (χ0v) is 16.3. The summed E-state index contributed by atoms with van der Waals surface area (Å²) < 4.78 is 13.1. The molecule has 5 nitrogen and oxygen atoms in total. The maximum Gasteiger partial charge on any atom is 0.238 e. The number of nitrogens with one attached hydrogen (secondary N) is 1. The number of benzene rings is 1. The molecule has 1 N–H and O–H groups in total. The summed E-state index contributed by atoms with van der Waals surface area (Å²) in [6, 6.07) is 3.90. The molecule has 0 atom stereocenters. The van der Waals surface area contributed by atoms with Crippen molar-refractivity contribution in [3.8, 4) is 0 Å². The van der Waals surface area contributed by atoms with E-state index < -0.39 is 5.82 Å². The van der Waals surface area contributed by atoms with Gasteiger partial charge in [0.15, 0.2) is 0 Å². The highest BCUT2D eigenvalue weighted by atomic mass is 35.5. The molecule has 1 aromatic rings. The van der Waals surface area contributed by atoms with Gasteiger partial charge in [-0.05, 0) is 57.0 Å². The van der Waals surface area contributed by atoms with Gasteiger partial charge in [-0.25, -0.2) is 4.39 Å². The van der Waals surface area contributed by atoms with Gasteiger partial charge in [-0.1, -0.05) is 24.4 Å². The maximum absolute atomic E-state index is 13.1. The summed E-state index contributed by atoms with van der Waals surface area (Å²) >= 11 is 5.95. The standard InChI is InChI=1S/C20H27ClFN3O2/c21-17-13-16(22)5-6-18(17)23-19(26)14-24-11-7-15(8-12-24)20(27)25-9-3-1-2-4-10-25/h5-6,13,15H,1-4,7-12,14H2,(H,23,26). The molecule has 0 unspecified atom stereocenters. The van der Waals surface area contributed by atoms with Crippen molar-refractivity contribution in [1.29, 1.82) is 0 Å². The van der Waals surface area contributed by atoms with E-state index in [0.717, 1.165) is 51.9 Å². The summed E-state index contributed by atoms with van der Waals surface area (Å²) in [5.74, 6) is -0.247. The third-order valence-corrected chi connectivity index (χ3v) is 5.74. The van der Waals surface area contributed by atoms with E-state index >= 15 is 0 Å². The lowest BCUT2D eigenvalue weighted by atomic mass is 9.95. The van der Waals surface area contributed by atoms with Gasteiger partial charge in [0, 0.05) is 19.0 Å². The predicted molar refractivity (Wildman–Crippen MR) is 104 cm³/mol. The van der Waals surface area contributed by atoms with Crippen LogP contribution in [0.4, 0.5) is 10.1 Å². The minimum atomic E-state index is -0.436. The van der Waals surface area contributed by atoms with Crippen molar-refractivity contribution in [2.75, 3.05) is 38.0 Å². The van der Waals surface area contributed by atoms with Gasteiger partial charge >= 0.3 is 0 Å². The first kappa shape index (κ1) is 20.1. The third kappa shape index (κ3) is 5.66. The van der Waals surface area contributed by atoms with Crippen LogP contribution >= 0.6 is 11.6 Å². The van der Waals surface area contributed by atoms with E-state index in [-0.39, 0.29) is 23.4 Å². The summed E-state index contributed by atoms with van der Waals surface area (Å²) in [6.45, 7) is 3.49. The van der Waals surface area contributed by atoms with Gasteiger partial charge in [0.25, 0.3) is 0 Å². The van der Waals surface area contributed by atoms with E-state index in [4.69, 9.17) is 11.6 Å². The fourth-order valence-corrected chi connectivity index (χ4v) is 4.09. The average molecular weight is 396 g/mol. The fraction of sp³-hybridized carbons (Fsp3) is 0.600. The number of anilines is 1. The molecule has 2 fully saturated rings. The van der Waals surface area contributed by atoms with Crippen molar-refractivity contribution < 1.29 is 14.0 Å². The molecule has 27 heavy (non-hydrogen) atoms. The first-order valence-electron chi connectivity index (χ1n) is 9.79. The van der Waals surface area contributed by atoms with Gasteiger partial charge in [0.2, 0.25) is 11.8 Å². The first-order chi connectivity index (χ1) is 13.0. The number of hydrogen-bond acceptors (Lipinski definition) is 3. The summed E-state index contributed by atoms with van der Waals surface area (Å²) in [4.78, 5) is 29.1. The molecule has 148 valence electrons. The molecular formula is C20H27ClFN3O2. The van der Waals surface area contributed by atoms with E-state index in [9.17, 15) is 14.0 Å². The smallest absolute Gasteiger partial charge is 0.238 e. The molecule has 0 spiro atoms. The largest absolute Gasteiger partial charge is 0.342 e. The molecule has 2 aliphatic rings.